The second-order valence-electron chi connectivity index (χ2n) is 9.27. The van der Waals surface area contributed by atoms with Crippen LogP contribution in [0, 0.1) is 20.8 Å². The molecule has 3 aromatic carbocycles. The molecule has 9 heteroatoms. The number of rotatable bonds is 11. The first-order valence-corrected chi connectivity index (χ1v) is 13.8. The van der Waals surface area contributed by atoms with Gasteiger partial charge in [-0.15, -0.1) is 0 Å². The number of thioether (sulfide) groups is 1. The molecule has 4 rings (SSSR count). The van der Waals surface area contributed by atoms with Crippen LogP contribution in [-0.2, 0) is 9.59 Å². The van der Waals surface area contributed by atoms with Gasteiger partial charge in [-0.2, -0.15) is 0 Å². The van der Waals surface area contributed by atoms with Gasteiger partial charge >= 0.3 is 0 Å². The molecule has 1 fully saturated rings. The third kappa shape index (κ3) is 7.45. The zero-order chi connectivity index (χ0) is 28.6. The maximum absolute atomic E-state index is 12.9. The van der Waals surface area contributed by atoms with Crippen LogP contribution in [0.3, 0.4) is 0 Å². The molecule has 0 saturated carbocycles. The quantitative estimate of drug-likeness (QED) is 0.281. The van der Waals surface area contributed by atoms with Crippen LogP contribution in [0.15, 0.2) is 65.6 Å². The highest BCUT2D eigenvalue weighted by atomic mass is 32.2. The summed E-state index contributed by atoms with van der Waals surface area (Å²) < 4.78 is 17.1. The molecule has 0 unspecified atom stereocenters. The van der Waals surface area contributed by atoms with Crippen molar-refractivity contribution in [2.75, 3.05) is 31.7 Å². The lowest BCUT2D eigenvalue weighted by molar-refractivity contribution is -0.123. The monoisotopic (exact) mass is 560 g/mol. The molecule has 0 aromatic heterocycles. The Morgan fingerprint density at radius 3 is 2.40 bits per heavy atom. The normalized spacial score (nSPS) is 14.0. The first kappa shape index (κ1) is 28.8. The Morgan fingerprint density at radius 1 is 0.900 bits per heavy atom. The summed E-state index contributed by atoms with van der Waals surface area (Å²) in [6, 6.07) is 18.4. The lowest BCUT2D eigenvalue weighted by Gasteiger charge is -2.14. The van der Waals surface area contributed by atoms with Gasteiger partial charge in [-0.1, -0.05) is 29.8 Å². The van der Waals surface area contributed by atoms with E-state index in [1.165, 1.54) is 4.90 Å². The van der Waals surface area contributed by atoms with E-state index in [0.717, 1.165) is 28.5 Å². The smallest absolute Gasteiger partial charge is 0.293 e. The molecule has 208 valence electrons. The molecule has 1 saturated heterocycles. The van der Waals surface area contributed by atoms with Crippen molar-refractivity contribution in [2.45, 2.75) is 27.7 Å². The van der Waals surface area contributed by atoms with Gasteiger partial charge in [-0.05, 0) is 98.6 Å². The second-order valence-corrected chi connectivity index (χ2v) is 10.3. The Kier molecular flexibility index (Phi) is 9.50. The number of carbonyl (C=O) groups is 3. The Morgan fingerprint density at radius 2 is 1.68 bits per heavy atom. The van der Waals surface area contributed by atoms with Crippen molar-refractivity contribution in [2.24, 2.45) is 0 Å². The Hall–Kier alpha value is -4.24. The van der Waals surface area contributed by atoms with Gasteiger partial charge < -0.3 is 19.5 Å². The molecule has 0 radical (unpaired) electrons. The van der Waals surface area contributed by atoms with Crippen LogP contribution >= 0.6 is 11.8 Å². The maximum Gasteiger partial charge on any atom is 0.293 e. The fourth-order valence-corrected chi connectivity index (χ4v) is 4.76. The van der Waals surface area contributed by atoms with E-state index in [4.69, 9.17) is 14.2 Å². The molecule has 1 aliphatic heterocycles. The lowest BCUT2D eigenvalue weighted by atomic mass is 10.1. The minimum absolute atomic E-state index is 0.150. The zero-order valence-electron chi connectivity index (χ0n) is 23.0. The van der Waals surface area contributed by atoms with Crippen molar-refractivity contribution in [1.82, 2.24) is 4.90 Å². The number of hydrogen-bond acceptors (Lipinski definition) is 7. The second kappa shape index (κ2) is 13.2. The fraction of sp³-hybridized carbons (Fsp3) is 0.258. The SMILES string of the molecule is CCOc1cc(/C=C2\SC(=O)N(CCOc3ccc(C)cc3)C2=O)ccc1OCC(=O)Nc1ccc(C)c(C)c1. The molecular formula is C31H32N2O6S. The molecule has 0 atom stereocenters. The third-order valence-electron chi connectivity index (χ3n) is 6.19. The van der Waals surface area contributed by atoms with E-state index in [2.05, 4.69) is 5.32 Å². The van der Waals surface area contributed by atoms with E-state index in [9.17, 15) is 14.4 Å². The Balaban J connectivity index is 1.37. The number of ether oxygens (including phenoxy) is 3. The van der Waals surface area contributed by atoms with Gasteiger partial charge in [0.1, 0.15) is 12.4 Å². The number of hydrogen-bond donors (Lipinski definition) is 1. The highest BCUT2D eigenvalue weighted by molar-refractivity contribution is 8.18. The van der Waals surface area contributed by atoms with Crippen LogP contribution in [0.25, 0.3) is 6.08 Å². The largest absolute Gasteiger partial charge is 0.492 e. The summed E-state index contributed by atoms with van der Waals surface area (Å²) in [5.74, 6) is 0.844. The molecule has 8 nitrogen and oxygen atoms in total. The number of nitrogens with one attached hydrogen (secondary N) is 1. The van der Waals surface area contributed by atoms with Crippen LogP contribution in [0.4, 0.5) is 10.5 Å². The number of benzene rings is 3. The number of aryl methyl sites for hydroxylation is 3. The van der Waals surface area contributed by atoms with Crippen molar-refractivity contribution in [3.63, 3.8) is 0 Å². The third-order valence-corrected chi connectivity index (χ3v) is 7.10. The van der Waals surface area contributed by atoms with Gasteiger partial charge in [0, 0.05) is 5.69 Å². The van der Waals surface area contributed by atoms with Gasteiger partial charge in [0.05, 0.1) is 18.1 Å². The maximum atomic E-state index is 12.9. The number of imide groups is 1. The van der Waals surface area contributed by atoms with Crippen LogP contribution in [0.5, 0.6) is 17.2 Å². The molecule has 40 heavy (non-hydrogen) atoms. The average molecular weight is 561 g/mol. The van der Waals surface area contributed by atoms with Gasteiger partial charge in [0.25, 0.3) is 17.1 Å². The average Bonchev–Trinajstić information content (AvgIpc) is 3.19. The van der Waals surface area contributed by atoms with Gasteiger partial charge in [-0.25, -0.2) is 0 Å². The molecule has 1 aliphatic rings. The van der Waals surface area contributed by atoms with Crippen molar-refractivity contribution >= 4 is 40.6 Å². The predicted molar refractivity (Wildman–Crippen MR) is 157 cm³/mol. The predicted octanol–water partition coefficient (Wildman–Crippen LogP) is 6.14. The standard InChI is InChI=1S/C31H32N2O6S/c1-5-37-27-17-23(9-13-26(27)39-19-29(34)32-24-10-8-21(3)22(4)16-24)18-28-30(35)33(31(36)40-28)14-15-38-25-11-6-20(2)7-12-25/h6-13,16-18H,5,14-15,19H2,1-4H3,(H,32,34)/b28-18-. The van der Waals surface area contributed by atoms with Crippen molar-refractivity contribution < 1.29 is 28.6 Å². The van der Waals surface area contributed by atoms with Crippen molar-refractivity contribution in [3.05, 3.63) is 87.8 Å². The molecule has 3 amide bonds. The first-order chi connectivity index (χ1) is 19.2. The van der Waals surface area contributed by atoms with Gasteiger partial charge in [-0.3, -0.25) is 19.3 Å². The van der Waals surface area contributed by atoms with Crippen LogP contribution in [0.2, 0.25) is 0 Å². The summed E-state index contributed by atoms with van der Waals surface area (Å²) in [5.41, 5.74) is 4.72. The summed E-state index contributed by atoms with van der Waals surface area (Å²) in [6.45, 7) is 8.36. The molecule has 0 spiro atoms. The molecular weight excluding hydrogens is 528 g/mol. The van der Waals surface area contributed by atoms with Crippen LogP contribution in [0.1, 0.15) is 29.2 Å². The highest BCUT2D eigenvalue weighted by Gasteiger charge is 2.34. The number of nitrogens with zero attached hydrogens (tertiary/aromatic N) is 1. The number of carbonyl (C=O) groups excluding carboxylic acids is 3. The molecule has 0 bridgehead atoms. The summed E-state index contributed by atoms with van der Waals surface area (Å²) in [5, 5.41) is 2.49. The number of amides is 3. The Bertz CT molecular complexity index is 1430. The van der Waals surface area contributed by atoms with Gasteiger partial charge in [0.15, 0.2) is 18.1 Å². The minimum Gasteiger partial charge on any atom is -0.492 e. The lowest BCUT2D eigenvalue weighted by Crippen LogP contribution is -2.32. The van der Waals surface area contributed by atoms with Crippen molar-refractivity contribution in [3.8, 4) is 17.2 Å². The van der Waals surface area contributed by atoms with E-state index < -0.39 is 0 Å². The fourth-order valence-electron chi connectivity index (χ4n) is 3.89. The molecule has 0 aliphatic carbocycles. The van der Waals surface area contributed by atoms with E-state index >= 15 is 0 Å². The topological polar surface area (TPSA) is 94.2 Å². The number of anilines is 1. The van der Waals surface area contributed by atoms with Gasteiger partial charge in [0.2, 0.25) is 0 Å². The van der Waals surface area contributed by atoms with E-state index in [0.29, 0.717) is 40.0 Å². The molecule has 1 heterocycles. The van der Waals surface area contributed by atoms with Crippen LogP contribution in [-0.4, -0.2) is 48.3 Å². The molecule has 1 N–H and O–H groups in total. The first-order valence-electron chi connectivity index (χ1n) is 12.9. The Labute approximate surface area is 238 Å². The zero-order valence-corrected chi connectivity index (χ0v) is 23.8. The van der Waals surface area contributed by atoms with Crippen LogP contribution < -0.4 is 19.5 Å². The van der Waals surface area contributed by atoms with E-state index in [1.807, 2.05) is 70.2 Å². The van der Waals surface area contributed by atoms with E-state index in [1.54, 1.807) is 24.3 Å². The summed E-state index contributed by atoms with van der Waals surface area (Å²) in [7, 11) is 0. The summed E-state index contributed by atoms with van der Waals surface area (Å²) in [4.78, 5) is 39.3. The van der Waals surface area contributed by atoms with E-state index in [-0.39, 0.29) is 36.8 Å². The summed E-state index contributed by atoms with van der Waals surface area (Å²) in [6.07, 6.45) is 1.64. The highest BCUT2D eigenvalue weighted by Crippen LogP contribution is 2.34. The minimum atomic E-state index is -0.371. The van der Waals surface area contributed by atoms with Crippen molar-refractivity contribution in [1.29, 1.82) is 0 Å². The summed E-state index contributed by atoms with van der Waals surface area (Å²) >= 11 is 0.883. The molecule has 3 aromatic rings.